The number of carbonyl (C=O) groups is 3. The molecule has 8 heteroatoms. The van der Waals surface area contributed by atoms with Crippen molar-refractivity contribution in [3.63, 3.8) is 0 Å². The molecule has 5 rings (SSSR count). The minimum absolute atomic E-state index is 0.0292. The van der Waals surface area contributed by atoms with Crippen LogP contribution < -0.4 is 0 Å². The molecule has 0 aromatic heterocycles. The van der Waals surface area contributed by atoms with Gasteiger partial charge in [-0.25, -0.2) is 0 Å². The largest absolute Gasteiger partial charge is 0.395 e. The van der Waals surface area contributed by atoms with E-state index in [-0.39, 0.29) is 36.9 Å². The van der Waals surface area contributed by atoms with Gasteiger partial charge in [0.15, 0.2) is 0 Å². The standard InChI is InChI=1S/C32H43N3O5/c1-4-18-33(22-23-12-8-6-9-13-23)28(37)25-26-29(38)35(20-21-36)27(32(26)17-16-31(25,3)40-32)30(39)34(19-5-2)24-14-10-7-11-15-24/h4-6,8-9,12-13,24-27,36H,1-2,7,10-11,14-22H2,3H3/t25-,26-,27?,31+,32?/m0/s1. The van der Waals surface area contributed by atoms with E-state index in [4.69, 9.17) is 4.74 Å². The Balaban J connectivity index is 1.51. The lowest BCUT2D eigenvalue weighted by Gasteiger charge is -2.40. The summed E-state index contributed by atoms with van der Waals surface area (Å²) in [5.74, 6) is -2.08. The first-order valence-corrected chi connectivity index (χ1v) is 14.8. The van der Waals surface area contributed by atoms with Gasteiger partial charge in [0, 0.05) is 32.2 Å². The third kappa shape index (κ3) is 4.69. The van der Waals surface area contributed by atoms with E-state index >= 15 is 0 Å². The zero-order chi connectivity index (χ0) is 28.5. The molecule has 216 valence electrons. The summed E-state index contributed by atoms with van der Waals surface area (Å²) in [4.78, 5) is 48.1. The van der Waals surface area contributed by atoms with Crippen molar-refractivity contribution in [3.8, 4) is 0 Å². The number of fused-ring (bicyclic) bond motifs is 1. The Morgan fingerprint density at radius 2 is 1.77 bits per heavy atom. The van der Waals surface area contributed by atoms with Crippen molar-refractivity contribution in [2.45, 2.75) is 81.7 Å². The summed E-state index contributed by atoms with van der Waals surface area (Å²) in [7, 11) is 0. The molecule has 40 heavy (non-hydrogen) atoms. The number of β-amino-alcohol motifs (C(OH)–C–C–N with tert-alkyl or cyclic N) is 1. The number of aliphatic hydroxyl groups is 1. The zero-order valence-electron chi connectivity index (χ0n) is 23.7. The van der Waals surface area contributed by atoms with Crippen molar-refractivity contribution in [3.05, 3.63) is 61.2 Å². The molecule has 5 atom stereocenters. The zero-order valence-corrected chi connectivity index (χ0v) is 23.7. The van der Waals surface area contributed by atoms with E-state index in [1.165, 1.54) is 4.90 Å². The van der Waals surface area contributed by atoms with Gasteiger partial charge in [0.1, 0.15) is 11.6 Å². The maximum Gasteiger partial charge on any atom is 0.248 e. The average molecular weight is 550 g/mol. The molecule has 8 nitrogen and oxygen atoms in total. The smallest absolute Gasteiger partial charge is 0.248 e. The third-order valence-corrected chi connectivity index (χ3v) is 9.62. The van der Waals surface area contributed by atoms with Crippen molar-refractivity contribution in [2.75, 3.05) is 26.2 Å². The van der Waals surface area contributed by atoms with Crippen molar-refractivity contribution < 1.29 is 24.2 Å². The van der Waals surface area contributed by atoms with Gasteiger partial charge in [-0.05, 0) is 38.2 Å². The number of benzene rings is 1. The van der Waals surface area contributed by atoms with Gasteiger partial charge in [-0.15, -0.1) is 13.2 Å². The van der Waals surface area contributed by atoms with Crippen LogP contribution in [0, 0.1) is 11.8 Å². The number of likely N-dealkylation sites (tertiary alicyclic amines) is 1. The van der Waals surface area contributed by atoms with Crippen LogP contribution in [0.25, 0.3) is 0 Å². The number of ether oxygens (including phenoxy) is 1. The SMILES string of the molecule is C=CCN(Cc1ccccc1)C(=O)[C@@H]1[C@H]2C(=O)N(CCO)C(C(=O)N(CC=C)C3CCCCC3)C23CC[C@@]1(C)O3. The Morgan fingerprint density at radius 1 is 1.07 bits per heavy atom. The summed E-state index contributed by atoms with van der Waals surface area (Å²) in [5, 5.41) is 9.95. The Morgan fingerprint density at radius 3 is 2.42 bits per heavy atom. The van der Waals surface area contributed by atoms with Crippen molar-refractivity contribution in [1.29, 1.82) is 0 Å². The summed E-state index contributed by atoms with van der Waals surface area (Å²) in [6, 6.07) is 8.97. The molecule has 4 fully saturated rings. The molecule has 3 amide bonds. The highest BCUT2D eigenvalue weighted by molar-refractivity contribution is 5.99. The molecule has 1 spiro atoms. The molecule has 2 bridgehead atoms. The van der Waals surface area contributed by atoms with Crippen LogP contribution in [0.15, 0.2) is 55.6 Å². The minimum Gasteiger partial charge on any atom is -0.395 e. The predicted molar refractivity (Wildman–Crippen MR) is 152 cm³/mol. The highest BCUT2D eigenvalue weighted by atomic mass is 16.5. The normalized spacial score (nSPS) is 31.2. The molecule has 1 aliphatic carbocycles. The van der Waals surface area contributed by atoms with E-state index < -0.39 is 29.1 Å². The van der Waals surface area contributed by atoms with E-state index in [2.05, 4.69) is 13.2 Å². The second-order valence-corrected chi connectivity index (χ2v) is 12.0. The summed E-state index contributed by atoms with van der Waals surface area (Å²) in [6.07, 6.45) is 9.68. The van der Waals surface area contributed by atoms with Crippen LogP contribution >= 0.6 is 0 Å². The van der Waals surface area contributed by atoms with Gasteiger partial charge in [0.05, 0.1) is 24.0 Å². The Labute approximate surface area is 237 Å². The summed E-state index contributed by atoms with van der Waals surface area (Å²) in [5.41, 5.74) is -0.966. The van der Waals surface area contributed by atoms with Gasteiger partial charge in [0.25, 0.3) is 0 Å². The van der Waals surface area contributed by atoms with Gasteiger partial charge in [0.2, 0.25) is 17.7 Å². The maximum absolute atomic E-state index is 14.5. The molecule has 1 aromatic rings. The van der Waals surface area contributed by atoms with Gasteiger partial charge >= 0.3 is 0 Å². The first kappa shape index (κ1) is 28.6. The number of hydrogen-bond donors (Lipinski definition) is 1. The van der Waals surface area contributed by atoms with Crippen molar-refractivity contribution in [1.82, 2.24) is 14.7 Å². The Hall–Kier alpha value is -2.97. The molecule has 2 unspecified atom stereocenters. The second-order valence-electron chi connectivity index (χ2n) is 12.0. The van der Waals surface area contributed by atoms with Crippen molar-refractivity contribution >= 4 is 17.7 Å². The number of hydrogen-bond acceptors (Lipinski definition) is 5. The predicted octanol–water partition coefficient (Wildman–Crippen LogP) is 3.31. The lowest BCUT2D eigenvalue weighted by Crippen LogP contribution is -2.58. The second kappa shape index (κ2) is 11.5. The first-order valence-electron chi connectivity index (χ1n) is 14.8. The van der Waals surface area contributed by atoms with Crippen LogP contribution in [0.2, 0.25) is 0 Å². The minimum atomic E-state index is -1.10. The number of amides is 3. The number of rotatable bonds is 11. The van der Waals surface area contributed by atoms with Crippen LogP contribution in [0.3, 0.4) is 0 Å². The van der Waals surface area contributed by atoms with E-state index in [1.54, 1.807) is 17.1 Å². The maximum atomic E-state index is 14.5. The van der Waals surface area contributed by atoms with Crippen LogP contribution in [-0.2, 0) is 25.7 Å². The first-order chi connectivity index (χ1) is 19.3. The van der Waals surface area contributed by atoms with Crippen molar-refractivity contribution in [2.24, 2.45) is 11.8 Å². The molecule has 3 saturated heterocycles. The van der Waals surface area contributed by atoms with E-state index in [1.807, 2.05) is 42.2 Å². The van der Waals surface area contributed by atoms with Crippen LogP contribution in [-0.4, -0.2) is 87.1 Å². The van der Waals surface area contributed by atoms with Gasteiger partial charge in [-0.3, -0.25) is 14.4 Å². The van der Waals surface area contributed by atoms with Gasteiger partial charge < -0.3 is 24.5 Å². The fourth-order valence-corrected chi connectivity index (χ4v) is 7.93. The highest BCUT2D eigenvalue weighted by Gasteiger charge is 2.78. The van der Waals surface area contributed by atoms with Crippen LogP contribution in [0.4, 0.5) is 0 Å². The fraction of sp³-hybridized carbons (Fsp3) is 0.594. The Kier molecular flexibility index (Phi) is 8.20. The lowest BCUT2D eigenvalue weighted by atomic mass is 9.66. The molecule has 1 N–H and O–H groups in total. The van der Waals surface area contributed by atoms with Crippen LogP contribution in [0.5, 0.6) is 0 Å². The molecule has 4 aliphatic rings. The molecule has 0 radical (unpaired) electrons. The summed E-state index contributed by atoms with van der Waals surface area (Å²) in [6.45, 7) is 10.6. The third-order valence-electron chi connectivity index (χ3n) is 9.62. The van der Waals surface area contributed by atoms with E-state index in [0.717, 1.165) is 37.7 Å². The Bertz CT molecular complexity index is 1130. The molecule has 3 heterocycles. The summed E-state index contributed by atoms with van der Waals surface area (Å²) < 4.78 is 6.79. The van der Waals surface area contributed by atoms with Crippen LogP contribution in [0.1, 0.15) is 57.4 Å². The number of aliphatic hydroxyl groups excluding tert-OH is 1. The molecular weight excluding hydrogens is 506 g/mol. The van der Waals surface area contributed by atoms with Gasteiger partial charge in [-0.2, -0.15) is 0 Å². The molecule has 1 saturated carbocycles. The van der Waals surface area contributed by atoms with E-state index in [0.29, 0.717) is 32.5 Å². The topological polar surface area (TPSA) is 90.4 Å². The van der Waals surface area contributed by atoms with Gasteiger partial charge in [-0.1, -0.05) is 61.7 Å². The molecule has 1 aromatic carbocycles. The average Bonchev–Trinajstić information content (AvgIpc) is 3.53. The lowest BCUT2D eigenvalue weighted by molar-refractivity contribution is -0.155. The fourth-order valence-electron chi connectivity index (χ4n) is 7.93. The number of nitrogens with zero attached hydrogens (tertiary/aromatic N) is 3. The van der Waals surface area contributed by atoms with E-state index in [9.17, 15) is 19.5 Å². The summed E-state index contributed by atoms with van der Waals surface area (Å²) >= 11 is 0. The number of carbonyl (C=O) groups excluding carboxylic acids is 3. The highest BCUT2D eigenvalue weighted by Crippen LogP contribution is 2.63. The quantitative estimate of drug-likeness (QED) is 0.428. The monoisotopic (exact) mass is 549 g/mol. The molecule has 3 aliphatic heterocycles. The molecular formula is C32H43N3O5.